The Morgan fingerprint density at radius 3 is 2.94 bits per heavy atom. The number of amides is 1. The van der Waals surface area contributed by atoms with Gasteiger partial charge < -0.3 is 4.74 Å². The van der Waals surface area contributed by atoms with E-state index in [4.69, 9.17) is 16.3 Å². The van der Waals surface area contributed by atoms with Crippen LogP contribution in [0.5, 0.6) is 0 Å². The summed E-state index contributed by atoms with van der Waals surface area (Å²) in [4.78, 5) is 11.8. The molecule has 0 aromatic heterocycles. The van der Waals surface area contributed by atoms with Crippen molar-refractivity contribution in [3.8, 4) is 0 Å². The predicted octanol–water partition coefficient (Wildman–Crippen LogP) is 4.31. The number of carbonyl (C=O) groups is 1. The Morgan fingerprint density at radius 2 is 2.28 bits per heavy atom. The lowest BCUT2D eigenvalue weighted by Gasteiger charge is -2.39. The molecule has 3 nitrogen and oxygen atoms in total. The van der Waals surface area contributed by atoms with Gasteiger partial charge in [0.05, 0.1) is 5.69 Å². The second kappa shape index (κ2) is 4.16. The molecule has 1 N–H and O–H groups in total. The molecule has 3 rings (SSSR count). The molecular formula is C14H16ClNO2. The second-order valence-electron chi connectivity index (χ2n) is 5.12. The summed E-state index contributed by atoms with van der Waals surface area (Å²) in [6.45, 7) is 2.12. The normalized spacial score (nSPS) is 26.2. The van der Waals surface area contributed by atoms with Gasteiger partial charge in [0.15, 0.2) is 0 Å². The van der Waals surface area contributed by atoms with Crippen LogP contribution in [0, 0.1) is 5.92 Å². The van der Waals surface area contributed by atoms with Crippen LogP contribution in [-0.2, 0) is 10.3 Å². The molecule has 1 aromatic carbocycles. The molecule has 1 aromatic rings. The highest BCUT2D eigenvalue weighted by molar-refractivity contribution is 6.30. The molecule has 0 radical (unpaired) electrons. The van der Waals surface area contributed by atoms with Crippen molar-refractivity contribution in [1.82, 2.24) is 0 Å². The molecule has 4 heteroatoms. The molecule has 1 fully saturated rings. The van der Waals surface area contributed by atoms with E-state index in [1.807, 2.05) is 12.1 Å². The maximum Gasteiger partial charge on any atom is 0.412 e. The van der Waals surface area contributed by atoms with Gasteiger partial charge in [-0.2, -0.15) is 0 Å². The maximum absolute atomic E-state index is 11.8. The van der Waals surface area contributed by atoms with Crippen LogP contribution < -0.4 is 5.32 Å². The van der Waals surface area contributed by atoms with Crippen molar-refractivity contribution in [1.29, 1.82) is 0 Å². The SMILES string of the molecule is CCC[C@]1(C2CC2)OC(=O)Nc2ccc(Cl)cc21. The van der Waals surface area contributed by atoms with Gasteiger partial charge in [0, 0.05) is 16.5 Å². The molecule has 18 heavy (non-hydrogen) atoms. The fourth-order valence-electron chi connectivity index (χ4n) is 2.95. The van der Waals surface area contributed by atoms with Crippen molar-refractivity contribution in [2.75, 3.05) is 5.32 Å². The van der Waals surface area contributed by atoms with Gasteiger partial charge >= 0.3 is 6.09 Å². The van der Waals surface area contributed by atoms with Gasteiger partial charge in [0.1, 0.15) is 5.60 Å². The van der Waals surface area contributed by atoms with Crippen molar-refractivity contribution >= 4 is 23.4 Å². The van der Waals surface area contributed by atoms with Crippen molar-refractivity contribution in [2.24, 2.45) is 5.92 Å². The Morgan fingerprint density at radius 1 is 1.50 bits per heavy atom. The summed E-state index contributed by atoms with van der Waals surface area (Å²) in [5.41, 5.74) is 1.42. The first-order chi connectivity index (χ1) is 8.65. The standard InChI is InChI=1S/C14H16ClNO2/c1-2-7-14(9-3-4-9)11-8-10(15)5-6-12(11)16-13(17)18-14/h5-6,8-9H,2-4,7H2,1H3,(H,16,17)/t14-/m1/s1. The third kappa shape index (κ3) is 1.77. The number of anilines is 1. The van der Waals surface area contributed by atoms with Gasteiger partial charge in [-0.05, 0) is 37.5 Å². The molecule has 1 aliphatic heterocycles. The third-order valence-electron chi connectivity index (χ3n) is 3.81. The van der Waals surface area contributed by atoms with E-state index in [2.05, 4.69) is 12.2 Å². The highest BCUT2D eigenvalue weighted by Gasteiger charge is 2.52. The van der Waals surface area contributed by atoms with Gasteiger partial charge in [-0.25, -0.2) is 4.79 Å². The van der Waals surface area contributed by atoms with Crippen LogP contribution in [0.1, 0.15) is 38.2 Å². The molecule has 2 aliphatic rings. The van der Waals surface area contributed by atoms with Crippen LogP contribution in [0.15, 0.2) is 18.2 Å². The molecule has 0 bridgehead atoms. The number of hydrogen-bond acceptors (Lipinski definition) is 2. The molecule has 96 valence electrons. The van der Waals surface area contributed by atoms with E-state index in [1.165, 1.54) is 0 Å². The van der Waals surface area contributed by atoms with E-state index in [-0.39, 0.29) is 6.09 Å². The summed E-state index contributed by atoms with van der Waals surface area (Å²) in [5.74, 6) is 0.445. The number of carbonyl (C=O) groups excluding carboxylic acids is 1. The summed E-state index contributed by atoms with van der Waals surface area (Å²) in [6.07, 6.45) is 3.75. The van der Waals surface area contributed by atoms with Crippen LogP contribution in [0.25, 0.3) is 0 Å². The van der Waals surface area contributed by atoms with E-state index in [0.717, 1.165) is 36.9 Å². The average Bonchev–Trinajstić information content (AvgIpc) is 3.14. The Hall–Kier alpha value is -1.22. The summed E-state index contributed by atoms with van der Waals surface area (Å²) < 4.78 is 5.71. The van der Waals surface area contributed by atoms with Crippen LogP contribution in [0.3, 0.4) is 0 Å². The largest absolute Gasteiger partial charge is 0.437 e. The minimum absolute atomic E-state index is 0.342. The van der Waals surface area contributed by atoms with E-state index in [1.54, 1.807) is 6.07 Å². The molecular weight excluding hydrogens is 250 g/mol. The van der Waals surface area contributed by atoms with E-state index < -0.39 is 5.60 Å². The topological polar surface area (TPSA) is 38.3 Å². The predicted molar refractivity (Wildman–Crippen MR) is 70.9 cm³/mol. The first-order valence-electron chi connectivity index (χ1n) is 6.46. The van der Waals surface area contributed by atoms with E-state index in [0.29, 0.717) is 10.9 Å². The van der Waals surface area contributed by atoms with Crippen LogP contribution in [0.4, 0.5) is 10.5 Å². The summed E-state index contributed by atoms with van der Waals surface area (Å²) in [7, 11) is 0. The zero-order valence-electron chi connectivity index (χ0n) is 10.3. The molecule has 1 amide bonds. The fourth-order valence-corrected chi connectivity index (χ4v) is 3.12. The average molecular weight is 266 g/mol. The maximum atomic E-state index is 11.8. The molecule has 0 unspecified atom stereocenters. The molecule has 0 spiro atoms. The minimum Gasteiger partial charge on any atom is -0.437 e. The lowest BCUT2D eigenvalue weighted by Crippen LogP contribution is -2.41. The summed E-state index contributed by atoms with van der Waals surface area (Å²) >= 11 is 6.10. The Kier molecular flexibility index (Phi) is 2.74. The lowest BCUT2D eigenvalue weighted by atomic mass is 9.82. The first kappa shape index (κ1) is 11.8. The zero-order chi connectivity index (χ0) is 12.8. The van der Waals surface area contributed by atoms with Gasteiger partial charge in [0.2, 0.25) is 0 Å². The highest BCUT2D eigenvalue weighted by atomic mass is 35.5. The van der Waals surface area contributed by atoms with Crippen molar-refractivity contribution < 1.29 is 9.53 Å². The van der Waals surface area contributed by atoms with Gasteiger partial charge in [-0.3, -0.25) is 5.32 Å². The highest BCUT2D eigenvalue weighted by Crippen LogP contribution is 2.54. The number of halogens is 1. The van der Waals surface area contributed by atoms with E-state index in [9.17, 15) is 4.79 Å². The van der Waals surface area contributed by atoms with Gasteiger partial charge in [0.25, 0.3) is 0 Å². The van der Waals surface area contributed by atoms with Crippen LogP contribution in [0.2, 0.25) is 5.02 Å². The number of benzene rings is 1. The Labute approximate surface area is 111 Å². The fraction of sp³-hybridized carbons (Fsp3) is 0.500. The quantitative estimate of drug-likeness (QED) is 0.884. The smallest absolute Gasteiger partial charge is 0.412 e. The Balaban J connectivity index is 2.14. The molecule has 1 heterocycles. The monoisotopic (exact) mass is 265 g/mol. The molecule has 0 saturated heterocycles. The third-order valence-corrected chi connectivity index (χ3v) is 4.04. The van der Waals surface area contributed by atoms with Crippen molar-refractivity contribution in [3.63, 3.8) is 0 Å². The molecule has 1 saturated carbocycles. The number of nitrogens with one attached hydrogen (secondary N) is 1. The number of cyclic esters (lactones) is 1. The Bertz CT molecular complexity index is 499. The summed E-state index contributed by atoms with van der Waals surface area (Å²) in [6, 6.07) is 5.60. The number of fused-ring (bicyclic) bond motifs is 1. The zero-order valence-corrected chi connectivity index (χ0v) is 11.1. The second-order valence-corrected chi connectivity index (χ2v) is 5.55. The van der Waals surface area contributed by atoms with Gasteiger partial charge in [-0.15, -0.1) is 0 Å². The van der Waals surface area contributed by atoms with Crippen LogP contribution >= 0.6 is 11.6 Å². The molecule has 1 aliphatic carbocycles. The minimum atomic E-state index is -0.461. The first-order valence-corrected chi connectivity index (χ1v) is 6.83. The number of rotatable bonds is 3. The van der Waals surface area contributed by atoms with Gasteiger partial charge in [-0.1, -0.05) is 24.9 Å². The number of ether oxygens (including phenoxy) is 1. The summed E-state index contributed by atoms with van der Waals surface area (Å²) in [5, 5.41) is 3.45. The number of hydrogen-bond donors (Lipinski definition) is 1. The van der Waals surface area contributed by atoms with E-state index >= 15 is 0 Å². The van der Waals surface area contributed by atoms with Crippen molar-refractivity contribution in [3.05, 3.63) is 28.8 Å². The van der Waals surface area contributed by atoms with Crippen molar-refractivity contribution in [2.45, 2.75) is 38.2 Å². The molecule has 1 atom stereocenters. The van der Waals surface area contributed by atoms with Crippen LogP contribution in [-0.4, -0.2) is 6.09 Å². The lowest BCUT2D eigenvalue weighted by molar-refractivity contribution is -0.0152.